The zero-order chi connectivity index (χ0) is 83.4. The van der Waals surface area contributed by atoms with Crippen LogP contribution in [0, 0.1) is 44.3 Å². The van der Waals surface area contributed by atoms with Crippen LogP contribution in [0.15, 0.2) is 11.6 Å². The number of aliphatic hydroxyl groups is 25. The zero-order valence-corrected chi connectivity index (χ0v) is 65.2. The average Bonchev–Trinajstić information content (AvgIpc) is 1.62. The average molecular weight is 1640 g/mol. The predicted octanol–water partition coefficient (Wildman–Crippen LogP) is -8.98. The highest BCUT2D eigenvalue weighted by atomic mass is 16.8. The van der Waals surface area contributed by atoms with Crippen LogP contribution >= 0.6 is 0 Å². The second-order valence-corrected chi connectivity index (χ2v) is 35.5. The maximum atomic E-state index is 13.3. The monoisotopic (exact) mass is 1640 g/mol. The third-order valence-corrected chi connectivity index (χ3v) is 28.8. The second-order valence-electron chi connectivity index (χ2n) is 35.5. The van der Waals surface area contributed by atoms with Crippen LogP contribution in [0.4, 0.5) is 0 Å². The molecular formula is C74H126O39. The highest BCUT2D eigenvalue weighted by Gasteiger charge is 2.78. The first-order valence-electron chi connectivity index (χ1n) is 39.3. The largest absolute Gasteiger partial charge is 0.394 e. The van der Waals surface area contributed by atoms with E-state index in [9.17, 15) is 128 Å². The van der Waals surface area contributed by atoms with Crippen molar-refractivity contribution in [2.24, 2.45) is 44.3 Å². The number of allylic oxidation sites excluding steroid dienone is 1. The number of fused-ring (bicyclic) bond motifs is 5. The van der Waals surface area contributed by atoms with Crippen LogP contribution < -0.4 is 0 Å². The number of ether oxygens (including phenoxy) is 14. The molecule has 10 fully saturated rings. The predicted molar refractivity (Wildman–Crippen MR) is 375 cm³/mol. The van der Waals surface area contributed by atoms with Crippen LogP contribution in [0.1, 0.15) is 121 Å². The van der Waals surface area contributed by atoms with E-state index >= 15 is 0 Å². The van der Waals surface area contributed by atoms with E-state index in [1.54, 1.807) is 0 Å². The standard InChI is InChI=1S/C74H126O39/c1-27(28-13-17-72(8)71(28,7)19-37(82)74(10)70(6)16-15-38(68(2,3)36(70)14-18-73(72,74)9)107-61-52(95)46(89)56(32(23-78)103-61)109-62-49(92)43(86)40(83)29(20-75)100-62)11-12-39(69(4,5)99)108-67-60(113-66-54(97)48(91)58(34(25-80)105-66)111-64-51(94)45(88)42(85)31(22-77)102-64)55(98)59(35(26-81)106-67)112-65-53(96)47(90)57(33(24-79)104-65)110-63-50(93)44(87)41(84)30(21-76)101-63/h14,27-35,37-67,75-99H,11-13,15-26H2,1-10H3/t27-,28?,29-,30-,31-,32-,33-,34-,35-,37?,38+,39-,40-,41-,42-,43+,44+,45+,46-,47-,48-,49-,50-,51-,52-,53-,54-,55+,56-,57-,58-,59-,60-,61?,62?,63?,64?,65?,66?,67?,70-,71-,72-,73+,74+/m1/s1. The van der Waals surface area contributed by atoms with Gasteiger partial charge in [0, 0.05) is 10.8 Å². The van der Waals surface area contributed by atoms with Crippen LogP contribution in [0.5, 0.6) is 0 Å². The minimum atomic E-state index is -2.24. The topological polar surface area (TPSA) is 635 Å². The number of aliphatic hydroxyl groups excluding tert-OH is 24. The summed E-state index contributed by atoms with van der Waals surface area (Å²) in [6.45, 7) is 13.9. The summed E-state index contributed by atoms with van der Waals surface area (Å²) in [6.07, 6.45) is -61.5. The lowest BCUT2D eigenvalue weighted by Gasteiger charge is -2.75. The Bertz CT molecular complexity index is 3110. The Hall–Kier alpha value is -1.82. The first-order chi connectivity index (χ1) is 52.9. The molecule has 4 aliphatic carbocycles. The summed E-state index contributed by atoms with van der Waals surface area (Å²) in [5.41, 5.74) is -4.57. The zero-order valence-electron chi connectivity index (χ0n) is 65.2. The molecule has 7 heterocycles. The molecule has 7 saturated heterocycles. The first-order valence-corrected chi connectivity index (χ1v) is 39.3. The Labute approximate surface area is 653 Å². The van der Waals surface area contributed by atoms with Gasteiger partial charge in [0.2, 0.25) is 0 Å². The molecular weight excluding hydrogens is 1510 g/mol. The van der Waals surface area contributed by atoms with Gasteiger partial charge in [0.1, 0.15) is 171 Å². The molecule has 45 atom stereocenters. The summed E-state index contributed by atoms with van der Waals surface area (Å²) in [6, 6.07) is 0. The van der Waals surface area contributed by atoms with Crippen molar-refractivity contribution in [3.05, 3.63) is 11.6 Å². The molecule has 3 saturated carbocycles. The fourth-order valence-corrected chi connectivity index (χ4v) is 21.3. The van der Waals surface area contributed by atoms with Crippen molar-refractivity contribution >= 4 is 0 Å². The van der Waals surface area contributed by atoms with E-state index in [0.29, 0.717) is 32.1 Å². The SMILES string of the molecule is C[C@H](CC[C@@H](OC1O[C@H](CO)[C@@H](OC2O[C@H](CO)[C@@H](OC3O[C@H](CO)[C@@H](O)[C@H](O)[C@H]3O)[C@H](O)[C@H]2O)[C@H](O)[C@H]1OC1O[C@H](CO)[C@@H](OC2O[C@H](CO)[C@@H](O)[C@H](O)[C@H]2O)[C@H](O)[C@H]1O)C(C)(C)O)C1CC[C@@]2(C)[C@]3(C)CC=C4C(C)(C)[C@@H](OC5O[C@H](CO)[C@@H](OC6O[C@H](CO)[C@@H](O)[C@H](O)[C@H]6O)[C@H](O)[C@H]5O)CC[C@@]4(C)[C@]3(C)C(O)C[C@]12C. The highest BCUT2D eigenvalue weighted by Crippen LogP contribution is 2.82. The van der Waals surface area contributed by atoms with Crippen LogP contribution in [0.2, 0.25) is 0 Å². The van der Waals surface area contributed by atoms with Crippen molar-refractivity contribution in [2.75, 3.05) is 46.2 Å². The quantitative estimate of drug-likeness (QED) is 0.0358. The summed E-state index contributed by atoms with van der Waals surface area (Å²) >= 11 is 0. The van der Waals surface area contributed by atoms with Gasteiger partial charge in [-0.1, -0.05) is 67.0 Å². The lowest BCUT2D eigenvalue weighted by atomic mass is 9.29. The number of hydrogen-bond acceptors (Lipinski definition) is 39. The van der Waals surface area contributed by atoms with Gasteiger partial charge in [0.15, 0.2) is 44.0 Å². The van der Waals surface area contributed by atoms with E-state index < -0.39 is 318 Å². The molecule has 0 aromatic heterocycles. The van der Waals surface area contributed by atoms with Gasteiger partial charge in [-0.05, 0) is 98.7 Å². The number of rotatable bonds is 26. The van der Waals surface area contributed by atoms with Gasteiger partial charge in [0.25, 0.3) is 0 Å². The van der Waals surface area contributed by atoms with Crippen molar-refractivity contribution in [1.29, 1.82) is 0 Å². The molecule has 0 aromatic carbocycles. The van der Waals surface area contributed by atoms with E-state index in [1.165, 1.54) is 13.8 Å². The van der Waals surface area contributed by atoms with E-state index in [2.05, 4.69) is 47.6 Å². The van der Waals surface area contributed by atoms with Gasteiger partial charge in [-0.2, -0.15) is 0 Å². The fourth-order valence-electron chi connectivity index (χ4n) is 21.3. The molecule has 39 nitrogen and oxygen atoms in total. The van der Waals surface area contributed by atoms with E-state index in [0.717, 1.165) is 18.4 Å². The third-order valence-electron chi connectivity index (χ3n) is 28.8. The van der Waals surface area contributed by atoms with Crippen LogP contribution in [0.3, 0.4) is 0 Å². The van der Waals surface area contributed by atoms with E-state index in [-0.39, 0.29) is 18.3 Å². The Morgan fingerprint density at radius 2 is 0.726 bits per heavy atom. The molecule has 0 bridgehead atoms. The highest BCUT2D eigenvalue weighted by molar-refractivity contribution is 5.39. The summed E-state index contributed by atoms with van der Waals surface area (Å²) in [7, 11) is 0. The summed E-state index contributed by atoms with van der Waals surface area (Å²) in [4.78, 5) is 0. The van der Waals surface area contributed by atoms with Crippen molar-refractivity contribution in [3.8, 4) is 0 Å². The molecule has 0 aromatic rings. The Balaban J connectivity index is 0.811. The minimum Gasteiger partial charge on any atom is -0.394 e. The normalized spacial score (nSPS) is 52.9. The van der Waals surface area contributed by atoms with E-state index in [1.807, 2.05) is 13.8 Å². The molecule has 113 heavy (non-hydrogen) atoms. The minimum absolute atomic E-state index is 0.0547. The molecule has 39 heteroatoms. The smallest absolute Gasteiger partial charge is 0.187 e. The molecule has 11 rings (SSSR count). The van der Waals surface area contributed by atoms with Gasteiger partial charge < -0.3 is 194 Å². The molecule has 0 spiro atoms. The van der Waals surface area contributed by atoms with Gasteiger partial charge in [-0.15, -0.1) is 0 Å². The van der Waals surface area contributed by atoms with Crippen LogP contribution in [-0.4, -0.2) is 413 Å². The fraction of sp³-hybridized carbons (Fsp3) is 0.973. The lowest BCUT2D eigenvalue weighted by Crippen LogP contribution is -2.72. The van der Waals surface area contributed by atoms with Crippen LogP contribution in [-0.2, 0) is 66.3 Å². The molecule has 9 unspecified atom stereocenters. The molecule has 0 radical (unpaired) electrons. The molecule has 11 aliphatic rings. The van der Waals surface area contributed by atoms with Crippen LogP contribution in [0.25, 0.3) is 0 Å². The van der Waals surface area contributed by atoms with Crippen molar-refractivity contribution in [1.82, 2.24) is 0 Å². The Kier molecular flexibility index (Phi) is 28.6. The summed E-state index contributed by atoms with van der Waals surface area (Å²) in [5.74, 6) is -0.230. The first kappa shape index (κ1) is 91.9. The van der Waals surface area contributed by atoms with Gasteiger partial charge in [0.05, 0.1) is 70.2 Å². The molecule has 7 aliphatic heterocycles. The Morgan fingerprint density at radius 3 is 1.10 bits per heavy atom. The van der Waals surface area contributed by atoms with Crippen molar-refractivity contribution in [2.45, 2.75) is 359 Å². The molecule has 0 amide bonds. The summed E-state index contributed by atoms with van der Waals surface area (Å²) < 4.78 is 83.9. The molecule has 25 N–H and O–H groups in total. The maximum Gasteiger partial charge on any atom is 0.187 e. The maximum absolute atomic E-state index is 13.3. The van der Waals surface area contributed by atoms with Crippen molar-refractivity contribution in [3.63, 3.8) is 0 Å². The van der Waals surface area contributed by atoms with Crippen molar-refractivity contribution < 1.29 is 194 Å². The lowest BCUT2D eigenvalue weighted by molar-refractivity contribution is -0.404. The number of hydrogen-bond donors (Lipinski definition) is 25. The third kappa shape index (κ3) is 16.0. The Morgan fingerprint density at radius 1 is 0.389 bits per heavy atom. The summed E-state index contributed by atoms with van der Waals surface area (Å²) in [5, 5.41) is 276. The van der Waals surface area contributed by atoms with E-state index in [4.69, 9.17) is 66.3 Å². The second kappa shape index (κ2) is 35.2. The molecule has 656 valence electrons. The van der Waals surface area contributed by atoms with Gasteiger partial charge >= 0.3 is 0 Å². The van der Waals surface area contributed by atoms with Gasteiger partial charge in [-0.25, -0.2) is 0 Å². The van der Waals surface area contributed by atoms with Gasteiger partial charge in [-0.3, -0.25) is 0 Å².